The summed E-state index contributed by atoms with van der Waals surface area (Å²) < 4.78 is 20.7. The molecular formula is C23H22FN7O2. The van der Waals surface area contributed by atoms with E-state index in [0.29, 0.717) is 11.3 Å². The lowest BCUT2D eigenvalue weighted by Gasteiger charge is -2.18. The van der Waals surface area contributed by atoms with Crippen molar-refractivity contribution in [1.82, 2.24) is 19.7 Å². The number of rotatable bonds is 5. The average molecular weight is 447 g/mol. The minimum absolute atomic E-state index is 0.00434. The van der Waals surface area contributed by atoms with Crippen LogP contribution < -0.4 is 16.4 Å². The smallest absolute Gasteiger partial charge is 0.413 e. The zero-order chi connectivity index (χ0) is 23.5. The van der Waals surface area contributed by atoms with Crippen molar-refractivity contribution >= 4 is 23.4 Å². The number of hydrogen-bond acceptors (Lipinski definition) is 7. The quantitative estimate of drug-likeness (QED) is 0.479. The highest BCUT2D eigenvalue weighted by Gasteiger charge is 2.22. The van der Waals surface area contributed by atoms with Gasteiger partial charge in [-0.1, -0.05) is 48.5 Å². The van der Waals surface area contributed by atoms with Gasteiger partial charge < -0.3 is 16.2 Å². The number of ether oxygens (including phenoxy) is 1. The normalized spacial score (nSPS) is 10.8. The Morgan fingerprint density at radius 3 is 2.33 bits per heavy atom. The van der Waals surface area contributed by atoms with Gasteiger partial charge in [0.2, 0.25) is 0 Å². The summed E-state index contributed by atoms with van der Waals surface area (Å²) in [7, 11) is 2.70. The minimum Gasteiger partial charge on any atom is -0.452 e. The highest BCUT2D eigenvalue weighted by molar-refractivity contribution is 5.94. The van der Waals surface area contributed by atoms with Crippen molar-refractivity contribution in [2.45, 2.75) is 6.54 Å². The molecule has 0 aliphatic carbocycles. The van der Waals surface area contributed by atoms with Gasteiger partial charge in [0.1, 0.15) is 17.2 Å². The summed E-state index contributed by atoms with van der Waals surface area (Å²) in [6.07, 6.45) is -0.662. The van der Waals surface area contributed by atoms with Gasteiger partial charge in [-0.3, -0.25) is 9.58 Å². The molecule has 2 aromatic heterocycles. The topological polar surface area (TPSA) is 125 Å². The van der Waals surface area contributed by atoms with Crippen molar-refractivity contribution in [2.75, 3.05) is 30.5 Å². The summed E-state index contributed by atoms with van der Waals surface area (Å²) in [6.45, 7) is 0.199. The van der Waals surface area contributed by atoms with Crippen molar-refractivity contribution in [3.05, 3.63) is 72.0 Å². The molecule has 4 aromatic rings. The maximum absolute atomic E-state index is 14.3. The average Bonchev–Trinajstić information content (AvgIpc) is 3.24. The van der Waals surface area contributed by atoms with E-state index in [2.05, 4.69) is 15.1 Å². The van der Waals surface area contributed by atoms with Gasteiger partial charge in [0.15, 0.2) is 17.5 Å². The second-order valence-electron chi connectivity index (χ2n) is 7.23. The lowest BCUT2D eigenvalue weighted by atomic mass is 10.1. The molecule has 2 aromatic carbocycles. The predicted molar refractivity (Wildman–Crippen MR) is 124 cm³/mol. The van der Waals surface area contributed by atoms with Gasteiger partial charge in [0, 0.05) is 12.6 Å². The molecule has 0 atom stereocenters. The number of amides is 1. The highest BCUT2D eigenvalue weighted by atomic mass is 19.1. The lowest BCUT2D eigenvalue weighted by molar-refractivity contribution is 0.180. The van der Waals surface area contributed by atoms with E-state index in [0.717, 1.165) is 16.2 Å². The van der Waals surface area contributed by atoms with E-state index in [4.69, 9.17) is 16.2 Å². The largest absolute Gasteiger partial charge is 0.452 e. The van der Waals surface area contributed by atoms with Crippen LogP contribution in [-0.2, 0) is 11.3 Å². The third kappa shape index (κ3) is 4.31. The summed E-state index contributed by atoms with van der Waals surface area (Å²) in [5.41, 5.74) is 14.8. The van der Waals surface area contributed by atoms with E-state index in [1.165, 1.54) is 20.2 Å². The Morgan fingerprint density at radius 1 is 1.06 bits per heavy atom. The van der Waals surface area contributed by atoms with Crippen LogP contribution in [0, 0.1) is 5.82 Å². The number of nitrogen functional groups attached to an aromatic ring is 2. The maximum Gasteiger partial charge on any atom is 0.413 e. The SMILES string of the molecule is COC(=O)N(C)c1c(N)nc(-c2cc(-c3ccccc3)n(Cc3ccccc3F)n2)nc1N. The molecule has 2 heterocycles. The first-order valence-corrected chi connectivity index (χ1v) is 10.0. The number of nitrogens with zero attached hydrogens (tertiary/aromatic N) is 5. The Bertz CT molecular complexity index is 1280. The number of carbonyl (C=O) groups excluding carboxylic acids is 1. The van der Waals surface area contributed by atoms with Gasteiger partial charge >= 0.3 is 6.09 Å². The third-order valence-corrected chi connectivity index (χ3v) is 5.08. The van der Waals surface area contributed by atoms with Crippen molar-refractivity contribution in [3.8, 4) is 22.8 Å². The molecule has 0 bridgehead atoms. The van der Waals surface area contributed by atoms with Gasteiger partial charge in [-0.25, -0.2) is 19.2 Å². The van der Waals surface area contributed by atoms with Crippen molar-refractivity contribution < 1.29 is 13.9 Å². The zero-order valence-electron chi connectivity index (χ0n) is 18.1. The first-order valence-electron chi connectivity index (χ1n) is 10.0. The maximum atomic E-state index is 14.3. The Hall–Kier alpha value is -4.47. The van der Waals surface area contributed by atoms with E-state index in [1.807, 2.05) is 30.3 Å². The van der Waals surface area contributed by atoms with E-state index in [9.17, 15) is 9.18 Å². The molecule has 33 heavy (non-hydrogen) atoms. The number of halogens is 1. The molecule has 9 nitrogen and oxygen atoms in total. The molecule has 0 saturated heterocycles. The molecule has 0 aliphatic heterocycles. The van der Waals surface area contributed by atoms with Crippen LogP contribution in [0.15, 0.2) is 60.7 Å². The van der Waals surface area contributed by atoms with Crippen LogP contribution in [0.4, 0.5) is 26.5 Å². The molecule has 0 unspecified atom stereocenters. The highest BCUT2D eigenvalue weighted by Crippen LogP contribution is 2.31. The fourth-order valence-corrected chi connectivity index (χ4v) is 3.45. The molecule has 0 aliphatic rings. The van der Waals surface area contributed by atoms with Gasteiger partial charge in [0.25, 0.3) is 0 Å². The molecule has 0 spiro atoms. The van der Waals surface area contributed by atoms with E-state index >= 15 is 0 Å². The molecule has 10 heteroatoms. The first-order chi connectivity index (χ1) is 15.9. The molecule has 168 valence electrons. The van der Waals surface area contributed by atoms with Crippen LogP contribution in [-0.4, -0.2) is 40.0 Å². The molecule has 1 amide bonds. The minimum atomic E-state index is -0.662. The Labute approximate surface area is 189 Å². The zero-order valence-corrected chi connectivity index (χ0v) is 18.1. The van der Waals surface area contributed by atoms with E-state index < -0.39 is 6.09 Å². The number of nitrogens with two attached hydrogens (primary N) is 2. The fourth-order valence-electron chi connectivity index (χ4n) is 3.45. The number of aromatic nitrogens is 4. The summed E-state index contributed by atoms with van der Waals surface area (Å²) in [5, 5.41) is 4.61. The van der Waals surface area contributed by atoms with E-state index in [1.54, 1.807) is 28.9 Å². The predicted octanol–water partition coefficient (Wildman–Crippen LogP) is 3.56. The molecule has 4 rings (SSSR count). The standard InChI is InChI=1S/C23H22FN7O2/c1-30(23(32)33-2)19-20(25)27-22(28-21(19)26)17-12-18(14-8-4-3-5-9-14)31(29-17)13-15-10-6-7-11-16(15)24/h3-12H,13H2,1-2H3,(H4,25,26,27,28). The van der Waals surface area contributed by atoms with Crippen molar-refractivity contribution in [1.29, 1.82) is 0 Å². The molecule has 0 radical (unpaired) electrons. The monoisotopic (exact) mass is 447 g/mol. The molecule has 4 N–H and O–H groups in total. The molecular weight excluding hydrogens is 425 g/mol. The summed E-state index contributed by atoms with van der Waals surface area (Å²) in [5.74, 6) is -0.157. The molecule has 0 fully saturated rings. The second-order valence-corrected chi connectivity index (χ2v) is 7.23. The number of hydrogen-bond donors (Lipinski definition) is 2. The summed E-state index contributed by atoms with van der Waals surface area (Å²) >= 11 is 0. The van der Waals surface area contributed by atoms with Crippen LogP contribution in [0.25, 0.3) is 22.8 Å². The number of benzene rings is 2. The number of carbonyl (C=O) groups is 1. The summed E-state index contributed by atoms with van der Waals surface area (Å²) in [4.78, 5) is 21.6. The molecule has 0 saturated carbocycles. The van der Waals surface area contributed by atoms with Crippen LogP contribution >= 0.6 is 0 Å². The lowest BCUT2D eigenvalue weighted by Crippen LogP contribution is -2.28. The Morgan fingerprint density at radius 2 is 1.70 bits per heavy atom. The van der Waals surface area contributed by atoms with Crippen LogP contribution in [0.2, 0.25) is 0 Å². The van der Waals surface area contributed by atoms with Crippen LogP contribution in [0.3, 0.4) is 0 Å². The first kappa shape index (κ1) is 21.8. The van der Waals surface area contributed by atoms with Crippen LogP contribution in [0.5, 0.6) is 0 Å². The van der Waals surface area contributed by atoms with Crippen molar-refractivity contribution in [2.24, 2.45) is 0 Å². The number of methoxy groups -OCH3 is 1. The van der Waals surface area contributed by atoms with Crippen LogP contribution in [0.1, 0.15) is 5.56 Å². The van der Waals surface area contributed by atoms with Gasteiger partial charge in [-0.15, -0.1) is 0 Å². The Kier molecular flexibility index (Phi) is 5.90. The third-order valence-electron chi connectivity index (χ3n) is 5.08. The van der Waals surface area contributed by atoms with Crippen molar-refractivity contribution in [3.63, 3.8) is 0 Å². The Balaban J connectivity index is 1.80. The van der Waals surface area contributed by atoms with Gasteiger partial charge in [-0.2, -0.15) is 5.10 Å². The second kappa shape index (κ2) is 8.95. The van der Waals surface area contributed by atoms with Gasteiger partial charge in [0.05, 0.1) is 19.3 Å². The fraction of sp³-hybridized carbons (Fsp3) is 0.130. The van der Waals surface area contributed by atoms with Gasteiger partial charge in [-0.05, 0) is 17.7 Å². The number of anilines is 3. The van der Waals surface area contributed by atoms with E-state index in [-0.39, 0.29) is 35.5 Å². The summed E-state index contributed by atoms with van der Waals surface area (Å²) in [6, 6.07) is 17.9.